The number of fused-ring (bicyclic) bond motifs is 2. The SMILES string of the molecule is Cc1ccc(C(=O)c2ccc(CC(=O)O)n2C)cc1.O=C(c1cccc2ccccc12)c1cccc2ccccc12. The van der Waals surface area contributed by atoms with Gasteiger partial charge in [0.25, 0.3) is 0 Å². The Morgan fingerprint density at radius 1 is 0.610 bits per heavy atom. The average Bonchev–Trinajstić information content (AvgIpc) is 3.35. The molecule has 0 fully saturated rings. The Morgan fingerprint density at radius 3 is 1.66 bits per heavy atom. The van der Waals surface area contributed by atoms with Crippen LogP contribution in [0.5, 0.6) is 0 Å². The lowest BCUT2D eigenvalue weighted by Crippen LogP contribution is -2.11. The van der Waals surface area contributed by atoms with Crippen LogP contribution in [0.1, 0.15) is 43.2 Å². The second-order valence-corrected chi connectivity index (χ2v) is 9.92. The highest BCUT2D eigenvalue weighted by atomic mass is 16.4. The van der Waals surface area contributed by atoms with Crippen molar-refractivity contribution in [2.24, 2.45) is 7.05 Å². The predicted molar refractivity (Wildman–Crippen MR) is 163 cm³/mol. The number of aliphatic carboxylic acids is 1. The van der Waals surface area contributed by atoms with Gasteiger partial charge in [0.2, 0.25) is 5.78 Å². The lowest BCUT2D eigenvalue weighted by molar-refractivity contribution is -0.136. The maximum Gasteiger partial charge on any atom is 0.309 e. The molecule has 0 saturated heterocycles. The summed E-state index contributed by atoms with van der Waals surface area (Å²) in [6, 6.07) is 38.5. The molecule has 41 heavy (non-hydrogen) atoms. The van der Waals surface area contributed by atoms with E-state index in [1.54, 1.807) is 35.9 Å². The predicted octanol–water partition coefficient (Wildman–Crippen LogP) is 7.42. The fraction of sp³-hybridized carbons (Fsp3) is 0.0833. The molecule has 0 saturated carbocycles. The number of aromatic nitrogens is 1. The van der Waals surface area contributed by atoms with Gasteiger partial charge in [-0.2, -0.15) is 0 Å². The van der Waals surface area contributed by atoms with Crippen LogP contribution in [0.15, 0.2) is 121 Å². The van der Waals surface area contributed by atoms with Crippen molar-refractivity contribution in [3.05, 3.63) is 155 Å². The number of carboxylic acid groups (broad SMARTS) is 1. The highest BCUT2D eigenvalue weighted by Crippen LogP contribution is 2.25. The van der Waals surface area contributed by atoms with Crippen molar-refractivity contribution in [3.63, 3.8) is 0 Å². The topological polar surface area (TPSA) is 76.4 Å². The van der Waals surface area contributed by atoms with Crippen molar-refractivity contribution < 1.29 is 19.5 Å². The molecule has 0 spiro atoms. The maximum absolute atomic E-state index is 13.1. The molecule has 5 nitrogen and oxygen atoms in total. The molecule has 202 valence electrons. The second kappa shape index (κ2) is 11.8. The number of carbonyl (C=O) groups excluding carboxylic acids is 2. The number of hydrogen-bond acceptors (Lipinski definition) is 3. The fourth-order valence-electron chi connectivity index (χ4n) is 4.96. The monoisotopic (exact) mass is 539 g/mol. The van der Waals surface area contributed by atoms with E-state index in [0.29, 0.717) is 17.0 Å². The van der Waals surface area contributed by atoms with Gasteiger partial charge >= 0.3 is 5.97 Å². The molecule has 0 bridgehead atoms. The summed E-state index contributed by atoms with van der Waals surface area (Å²) >= 11 is 0. The van der Waals surface area contributed by atoms with Crippen LogP contribution in [-0.4, -0.2) is 27.2 Å². The fourth-order valence-corrected chi connectivity index (χ4v) is 4.96. The summed E-state index contributed by atoms with van der Waals surface area (Å²) in [5, 5.41) is 13.0. The third kappa shape index (κ3) is 5.85. The van der Waals surface area contributed by atoms with Crippen molar-refractivity contribution in [2.75, 3.05) is 0 Å². The molecule has 0 aliphatic rings. The molecule has 0 radical (unpaired) electrons. The molecule has 5 aromatic carbocycles. The van der Waals surface area contributed by atoms with Gasteiger partial charge < -0.3 is 9.67 Å². The van der Waals surface area contributed by atoms with Gasteiger partial charge in [-0.15, -0.1) is 0 Å². The number of ketones is 2. The molecule has 6 aromatic rings. The lowest BCUT2D eigenvalue weighted by Gasteiger charge is -2.08. The third-order valence-corrected chi connectivity index (χ3v) is 7.17. The Hall–Kier alpha value is -5.29. The lowest BCUT2D eigenvalue weighted by atomic mass is 9.94. The summed E-state index contributed by atoms with van der Waals surface area (Å²) in [6.45, 7) is 1.96. The first kappa shape index (κ1) is 27.3. The summed E-state index contributed by atoms with van der Waals surface area (Å²) in [7, 11) is 1.71. The minimum absolute atomic E-state index is 0.0774. The van der Waals surface area contributed by atoms with Crippen LogP contribution in [0, 0.1) is 6.92 Å². The minimum Gasteiger partial charge on any atom is -0.481 e. The summed E-state index contributed by atoms with van der Waals surface area (Å²) < 4.78 is 1.64. The second-order valence-electron chi connectivity index (χ2n) is 9.92. The Labute approximate surface area is 238 Å². The Kier molecular flexibility index (Phi) is 7.88. The number of carboxylic acids is 1. The smallest absolute Gasteiger partial charge is 0.309 e. The van der Waals surface area contributed by atoms with Crippen LogP contribution in [-0.2, 0) is 18.3 Å². The molecule has 0 unspecified atom stereocenters. The van der Waals surface area contributed by atoms with Gasteiger partial charge in [0.1, 0.15) is 0 Å². The quantitative estimate of drug-likeness (QED) is 0.224. The van der Waals surface area contributed by atoms with E-state index in [4.69, 9.17) is 5.11 Å². The normalized spacial score (nSPS) is 10.7. The number of hydrogen-bond donors (Lipinski definition) is 1. The highest BCUT2D eigenvalue weighted by Gasteiger charge is 2.16. The van der Waals surface area contributed by atoms with Crippen LogP contribution in [0.25, 0.3) is 21.5 Å². The zero-order valence-corrected chi connectivity index (χ0v) is 22.9. The van der Waals surface area contributed by atoms with Crippen molar-refractivity contribution in [1.29, 1.82) is 0 Å². The van der Waals surface area contributed by atoms with Crippen molar-refractivity contribution in [2.45, 2.75) is 13.3 Å². The van der Waals surface area contributed by atoms with Gasteiger partial charge in [-0.05, 0) is 40.6 Å². The number of nitrogens with zero attached hydrogens (tertiary/aromatic N) is 1. The van der Waals surface area contributed by atoms with E-state index < -0.39 is 5.97 Å². The van der Waals surface area contributed by atoms with Crippen molar-refractivity contribution >= 4 is 39.1 Å². The van der Waals surface area contributed by atoms with Crippen molar-refractivity contribution in [1.82, 2.24) is 4.57 Å². The zero-order chi connectivity index (χ0) is 28.9. The van der Waals surface area contributed by atoms with Gasteiger partial charge in [-0.1, -0.05) is 115 Å². The van der Waals surface area contributed by atoms with E-state index >= 15 is 0 Å². The van der Waals surface area contributed by atoms with E-state index in [1.807, 2.05) is 104 Å². The van der Waals surface area contributed by atoms with E-state index in [1.165, 1.54) is 0 Å². The Balaban J connectivity index is 0.000000167. The molecule has 1 aromatic heterocycles. The van der Waals surface area contributed by atoms with Gasteiger partial charge in [-0.25, -0.2) is 0 Å². The van der Waals surface area contributed by atoms with Gasteiger partial charge in [0, 0.05) is 29.4 Å². The van der Waals surface area contributed by atoms with Crippen LogP contribution < -0.4 is 0 Å². The van der Waals surface area contributed by atoms with Gasteiger partial charge in [0.05, 0.1) is 12.1 Å². The summed E-state index contributed by atoms with van der Waals surface area (Å²) in [5.41, 5.74) is 4.33. The molecule has 0 aliphatic carbocycles. The molecular weight excluding hydrogens is 510 g/mol. The summed E-state index contributed by atoms with van der Waals surface area (Å²) in [5.74, 6) is -0.928. The molecule has 0 aliphatic heterocycles. The number of aryl methyl sites for hydroxylation is 1. The zero-order valence-electron chi connectivity index (χ0n) is 22.9. The molecular formula is C36H29NO4. The van der Waals surface area contributed by atoms with Crippen molar-refractivity contribution in [3.8, 4) is 0 Å². The van der Waals surface area contributed by atoms with E-state index in [2.05, 4.69) is 0 Å². The molecule has 1 N–H and O–H groups in total. The Morgan fingerprint density at radius 2 is 1.12 bits per heavy atom. The van der Waals surface area contributed by atoms with Crippen LogP contribution >= 0.6 is 0 Å². The summed E-state index contributed by atoms with van der Waals surface area (Å²) in [4.78, 5) is 36.1. The van der Waals surface area contributed by atoms with Crippen LogP contribution in [0.4, 0.5) is 0 Å². The van der Waals surface area contributed by atoms with Crippen LogP contribution in [0.2, 0.25) is 0 Å². The standard InChI is InChI=1S/C21H14O.C15H15NO3/c22-21(19-13-5-9-15-7-1-3-11-17(15)19)20-14-6-10-16-8-2-4-12-18(16)20;1-10-3-5-11(6-4-10)15(19)13-8-7-12(16(13)2)9-14(17)18/h1-14H;3-8H,9H2,1-2H3,(H,17,18). The van der Waals surface area contributed by atoms with Gasteiger partial charge in [-0.3, -0.25) is 14.4 Å². The maximum atomic E-state index is 13.1. The number of rotatable bonds is 6. The first-order valence-electron chi connectivity index (χ1n) is 13.3. The van der Waals surface area contributed by atoms with Gasteiger partial charge in [0.15, 0.2) is 5.78 Å². The van der Waals surface area contributed by atoms with E-state index in [-0.39, 0.29) is 18.0 Å². The first-order valence-corrected chi connectivity index (χ1v) is 13.3. The first-order chi connectivity index (χ1) is 19.8. The molecule has 1 heterocycles. The molecule has 0 atom stereocenters. The molecule has 6 rings (SSSR count). The molecule has 0 amide bonds. The van der Waals surface area contributed by atoms with E-state index in [0.717, 1.165) is 38.2 Å². The average molecular weight is 540 g/mol. The van der Waals surface area contributed by atoms with E-state index in [9.17, 15) is 14.4 Å². The highest BCUT2D eigenvalue weighted by molar-refractivity contribution is 6.21. The molecule has 5 heteroatoms. The largest absolute Gasteiger partial charge is 0.481 e. The minimum atomic E-state index is -0.907. The van der Waals surface area contributed by atoms with Crippen LogP contribution in [0.3, 0.4) is 0 Å². The number of benzene rings is 5. The summed E-state index contributed by atoms with van der Waals surface area (Å²) in [6.07, 6.45) is -0.0856. The third-order valence-electron chi connectivity index (χ3n) is 7.17. The number of carbonyl (C=O) groups is 3. The Bertz CT molecular complexity index is 1810.